The average molecular weight is 456 g/mol. The molecule has 4 rings (SSSR count). The molecule has 1 aromatic rings. The van der Waals surface area contributed by atoms with Gasteiger partial charge in [-0.25, -0.2) is 4.79 Å². The first kappa shape index (κ1) is 23.7. The van der Waals surface area contributed by atoms with Gasteiger partial charge in [0.05, 0.1) is 5.56 Å². The molecule has 2 aliphatic carbocycles. The van der Waals surface area contributed by atoms with Gasteiger partial charge in [-0.15, -0.1) is 0 Å². The number of aromatic carboxylic acids is 1. The highest BCUT2D eigenvalue weighted by atomic mass is 16.4. The van der Waals surface area contributed by atoms with Gasteiger partial charge in [-0.2, -0.15) is 0 Å². The number of carboxylic acids is 1. The predicted molar refractivity (Wildman–Crippen MR) is 127 cm³/mol. The number of nitrogens with one attached hydrogen (secondary N) is 1. The molecule has 7 nitrogen and oxygen atoms in total. The van der Waals surface area contributed by atoms with E-state index < -0.39 is 12.0 Å². The van der Waals surface area contributed by atoms with Crippen molar-refractivity contribution < 1.29 is 19.5 Å². The van der Waals surface area contributed by atoms with E-state index in [1.54, 1.807) is 12.1 Å². The smallest absolute Gasteiger partial charge is 0.335 e. The molecule has 3 aliphatic rings. The third-order valence-electron chi connectivity index (χ3n) is 8.18. The van der Waals surface area contributed by atoms with E-state index in [9.17, 15) is 14.4 Å². The Morgan fingerprint density at radius 1 is 0.939 bits per heavy atom. The van der Waals surface area contributed by atoms with E-state index in [0.29, 0.717) is 30.6 Å². The van der Waals surface area contributed by atoms with E-state index in [4.69, 9.17) is 10.8 Å². The molecule has 7 heteroatoms. The summed E-state index contributed by atoms with van der Waals surface area (Å²) in [6.07, 6.45) is 10.5. The fourth-order valence-corrected chi connectivity index (χ4v) is 6.25. The standard InChI is InChI=1S/C26H37N3O4/c27-16-17-6-8-19(9-7-17)25(31)29-15-14-22(18-4-2-1-3-5-18)23(29)24(30)28-21-12-10-20(11-13-21)26(32)33/h10-13,17-19,22-23H,1-9,14-16,27H2,(H,28,30)(H,32,33)/t17-,19-,22?,23?. The van der Waals surface area contributed by atoms with Gasteiger partial charge in [0, 0.05) is 18.2 Å². The van der Waals surface area contributed by atoms with Crippen molar-refractivity contribution in [2.45, 2.75) is 70.3 Å². The van der Waals surface area contributed by atoms with E-state index in [1.165, 1.54) is 31.4 Å². The predicted octanol–water partition coefficient (Wildman–Crippen LogP) is 3.89. The second-order valence-corrected chi connectivity index (χ2v) is 10.2. The zero-order valence-electron chi connectivity index (χ0n) is 19.4. The monoisotopic (exact) mass is 455 g/mol. The Morgan fingerprint density at radius 2 is 1.61 bits per heavy atom. The van der Waals surface area contributed by atoms with Crippen molar-refractivity contribution >= 4 is 23.5 Å². The number of amides is 2. The normalized spacial score (nSPS) is 28.5. The van der Waals surface area contributed by atoms with Gasteiger partial charge in [0.25, 0.3) is 0 Å². The lowest BCUT2D eigenvalue weighted by Crippen LogP contribution is -2.49. The molecule has 2 unspecified atom stereocenters. The molecule has 4 N–H and O–H groups in total. The van der Waals surface area contributed by atoms with Crippen molar-refractivity contribution in [1.82, 2.24) is 4.90 Å². The molecular formula is C26H37N3O4. The van der Waals surface area contributed by atoms with E-state index in [2.05, 4.69) is 5.32 Å². The SMILES string of the molecule is NC[C@H]1CC[C@H](C(=O)N2CCC(C3CCCCC3)C2C(=O)Nc2ccc(C(=O)O)cc2)CC1. The summed E-state index contributed by atoms with van der Waals surface area (Å²) >= 11 is 0. The first-order valence-corrected chi connectivity index (χ1v) is 12.6. The maximum atomic E-state index is 13.6. The van der Waals surface area contributed by atoms with Crippen molar-refractivity contribution in [2.24, 2.45) is 29.4 Å². The number of hydrogen-bond acceptors (Lipinski definition) is 4. The van der Waals surface area contributed by atoms with Crippen LogP contribution in [0.1, 0.15) is 74.6 Å². The minimum absolute atomic E-state index is 0.0111. The summed E-state index contributed by atoms with van der Waals surface area (Å²) in [7, 11) is 0. The van der Waals surface area contributed by atoms with Crippen LogP contribution in [-0.2, 0) is 9.59 Å². The van der Waals surface area contributed by atoms with Crippen molar-refractivity contribution in [1.29, 1.82) is 0 Å². The molecule has 0 radical (unpaired) electrons. The molecule has 2 atom stereocenters. The molecule has 1 heterocycles. The van der Waals surface area contributed by atoms with Crippen molar-refractivity contribution in [3.8, 4) is 0 Å². The maximum Gasteiger partial charge on any atom is 0.335 e. The number of anilines is 1. The van der Waals surface area contributed by atoms with Gasteiger partial charge in [0.1, 0.15) is 6.04 Å². The molecule has 0 bridgehead atoms. The second kappa shape index (κ2) is 10.7. The van der Waals surface area contributed by atoms with E-state index in [1.807, 2.05) is 4.90 Å². The third-order valence-corrected chi connectivity index (χ3v) is 8.18. The van der Waals surface area contributed by atoms with Gasteiger partial charge in [-0.1, -0.05) is 32.1 Å². The van der Waals surface area contributed by atoms with Crippen LogP contribution in [0.4, 0.5) is 5.69 Å². The van der Waals surface area contributed by atoms with Gasteiger partial charge in [0.15, 0.2) is 0 Å². The molecule has 2 saturated carbocycles. The average Bonchev–Trinajstić information content (AvgIpc) is 3.30. The fourth-order valence-electron chi connectivity index (χ4n) is 6.25. The largest absolute Gasteiger partial charge is 0.478 e. The summed E-state index contributed by atoms with van der Waals surface area (Å²) < 4.78 is 0. The van der Waals surface area contributed by atoms with Gasteiger partial charge in [0.2, 0.25) is 11.8 Å². The molecule has 1 saturated heterocycles. The summed E-state index contributed by atoms with van der Waals surface area (Å²) in [5, 5.41) is 12.1. The Kier molecular flexibility index (Phi) is 7.68. The molecule has 2 amide bonds. The second-order valence-electron chi connectivity index (χ2n) is 10.2. The van der Waals surface area contributed by atoms with Gasteiger partial charge >= 0.3 is 5.97 Å². The number of carbonyl (C=O) groups excluding carboxylic acids is 2. The van der Waals surface area contributed by atoms with Gasteiger partial charge < -0.3 is 21.1 Å². The van der Waals surface area contributed by atoms with E-state index in [-0.39, 0.29) is 29.2 Å². The number of carboxylic acid groups (broad SMARTS) is 1. The quantitative estimate of drug-likeness (QED) is 0.602. The fraction of sp³-hybridized carbons (Fsp3) is 0.654. The number of likely N-dealkylation sites (tertiary alicyclic amines) is 1. The zero-order chi connectivity index (χ0) is 23.4. The van der Waals surface area contributed by atoms with E-state index >= 15 is 0 Å². The molecule has 1 aliphatic heterocycles. The molecule has 0 aromatic heterocycles. The number of benzene rings is 1. The summed E-state index contributed by atoms with van der Waals surface area (Å²) in [6.45, 7) is 1.33. The summed E-state index contributed by atoms with van der Waals surface area (Å²) in [6, 6.07) is 5.76. The van der Waals surface area contributed by atoms with Crippen LogP contribution in [0.25, 0.3) is 0 Å². The lowest BCUT2D eigenvalue weighted by molar-refractivity contribution is -0.142. The lowest BCUT2D eigenvalue weighted by atomic mass is 9.76. The molecular weight excluding hydrogens is 418 g/mol. The number of carbonyl (C=O) groups is 3. The number of nitrogens with zero attached hydrogens (tertiary/aromatic N) is 1. The first-order valence-electron chi connectivity index (χ1n) is 12.6. The molecule has 180 valence electrons. The molecule has 3 fully saturated rings. The van der Waals surface area contributed by atoms with Crippen LogP contribution in [0.3, 0.4) is 0 Å². The molecule has 1 aromatic carbocycles. The Bertz CT molecular complexity index is 842. The van der Waals surface area contributed by atoms with Crippen molar-refractivity contribution in [2.75, 3.05) is 18.4 Å². The van der Waals surface area contributed by atoms with Crippen LogP contribution in [-0.4, -0.2) is 46.9 Å². The van der Waals surface area contributed by atoms with Gasteiger partial charge in [-0.3, -0.25) is 9.59 Å². The summed E-state index contributed by atoms with van der Waals surface area (Å²) in [4.78, 5) is 40.1. The summed E-state index contributed by atoms with van der Waals surface area (Å²) in [5.41, 5.74) is 6.57. The Morgan fingerprint density at radius 3 is 2.21 bits per heavy atom. The van der Waals surface area contributed by atoms with Crippen LogP contribution in [0.15, 0.2) is 24.3 Å². The molecule has 0 spiro atoms. The Hall–Kier alpha value is -2.41. The van der Waals surface area contributed by atoms with Crippen molar-refractivity contribution in [3.63, 3.8) is 0 Å². The Balaban J connectivity index is 1.51. The number of hydrogen-bond donors (Lipinski definition) is 3. The third kappa shape index (κ3) is 5.40. The van der Waals surface area contributed by atoms with E-state index in [0.717, 1.165) is 44.9 Å². The van der Waals surface area contributed by atoms with Crippen molar-refractivity contribution in [3.05, 3.63) is 29.8 Å². The highest BCUT2D eigenvalue weighted by Gasteiger charge is 2.46. The lowest BCUT2D eigenvalue weighted by Gasteiger charge is -2.36. The van der Waals surface area contributed by atoms with Gasteiger partial charge in [-0.05, 0) is 80.7 Å². The van der Waals surface area contributed by atoms with Crippen LogP contribution in [0.5, 0.6) is 0 Å². The Labute approximate surface area is 196 Å². The number of nitrogens with two attached hydrogens (primary N) is 1. The first-order chi connectivity index (χ1) is 16.0. The number of rotatable bonds is 6. The van der Waals surface area contributed by atoms with Crippen LogP contribution >= 0.6 is 0 Å². The molecule has 33 heavy (non-hydrogen) atoms. The maximum absolute atomic E-state index is 13.6. The van der Waals surface area contributed by atoms with Crippen LogP contribution < -0.4 is 11.1 Å². The zero-order valence-corrected chi connectivity index (χ0v) is 19.4. The highest BCUT2D eigenvalue weighted by molar-refractivity contribution is 5.98. The van der Waals surface area contributed by atoms with Crippen LogP contribution in [0, 0.1) is 23.7 Å². The summed E-state index contributed by atoms with van der Waals surface area (Å²) in [5.74, 6) is 0.156. The van der Waals surface area contributed by atoms with Crippen LogP contribution in [0.2, 0.25) is 0 Å². The minimum atomic E-state index is -0.998. The highest BCUT2D eigenvalue weighted by Crippen LogP contribution is 2.41. The minimum Gasteiger partial charge on any atom is -0.478 e. The topological polar surface area (TPSA) is 113 Å².